The van der Waals surface area contributed by atoms with Crippen molar-refractivity contribution in [3.05, 3.63) is 12.1 Å². The van der Waals surface area contributed by atoms with Crippen molar-refractivity contribution in [1.29, 1.82) is 0 Å². The van der Waals surface area contributed by atoms with Gasteiger partial charge in [-0.05, 0) is 9.11 Å². The number of pyridine rings is 1. The number of nitrogens with zero attached hydrogens (tertiary/aromatic N) is 1. The standard InChI is InChI=1S/C5H2N.3Al.6H/c1-2-4-6-5-3-1;;;;;;;;;/h2-3H;;;;;;;;;. The largest absolute Gasteiger partial charge is 0.297 e. The van der Waals surface area contributed by atoms with E-state index in [0.29, 0.717) is 0 Å². The van der Waals surface area contributed by atoms with E-state index in [2.05, 4.69) is 17.1 Å². The Bertz CT molecular complexity index is 173. The lowest BCUT2D eigenvalue weighted by Gasteiger charge is -1.97. The number of aromatic nitrogens is 1. The molecule has 0 aliphatic rings. The molecule has 0 saturated heterocycles. The SMILES string of the molecule is [AlH2][c]1c[c]([AlH2])n[c]([AlH2])c1. The van der Waals surface area contributed by atoms with Crippen molar-refractivity contribution in [3.63, 3.8) is 0 Å². The van der Waals surface area contributed by atoms with Crippen LogP contribution in [0.15, 0.2) is 12.1 Å². The molecule has 0 amide bonds. The minimum Gasteiger partial charge on any atom is -0.297 e. The van der Waals surface area contributed by atoms with E-state index in [1.54, 1.807) is 0 Å². The summed E-state index contributed by atoms with van der Waals surface area (Å²) in [4.78, 5) is 4.38. The molecule has 0 N–H and O–H groups in total. The van der Waals surface area contributed by atoms with Gasteiger partial charge in [-0.2, -0.15) is 0 Å². The fourth-order valence-electron chi connectivity index (χ4n) is 1.04. The first-order chi connectivity index (χ1) is 4.18. The molecule has 42 valence electrons. The summed E-state index contributed by atoms with van der Waals surface area (Å²) in [6, 6.07) is 4.44. The lowest BCUT2D eigenvalue weighted by atomic mass is 10.5. The summed E-state index contributed by atoms with van der Waals surface area (Å²) < 4.78 is 4.13. The molecular weight excluding hydrogens is 155 g/mol. The van der Waals surface area contributed by atoms with Crippen LogP contribution in [0.3, 0.4) is 0 Å². The van der Waals surface area contributed by atoms with Gasteiger partial charge in [0, 0.05) is 0 Å². The number of rotatable bonds is 0. The predicted molar refractivity (Wildman–Crippen MR) is 48.8 cm³/mol. The molecule has 0 fully saturated rings. The van der Waals surface area contributed by atoms with Crippen molar-refractivity contribution in [1.82, 2.24) is 4.98 Å². The van der Waals surface area contributed by atoms with Crippen LogP contribution in [0.5, 0.6) is 0 Å². The second-order valence-corrected chi connectivity index (χ2v) is 5.63. The van der Waals surface area contributed by atoms with Crippen molar-refractivity contribution in [2.45, 2.75) is 0 Å². The summed E-state index contributed by atoms with van der Waals surface area (Å²) in [5, 5.41) is 0. The predicted octanol–water partition coefficient (Wildman–Crippen LogP) is -4.14. The maximum Gasteiger partial charge on any atom is 0.289 e. The quantitative estimate of drug-likeness (QED) is 0.354. The zero-order valence-electron chi connectivity index (χ0n) is 6.10. The molecule has 1 aromatic heterocycles. The van der Waals surface area contributed by atoms with Crippen LogP contribution in [0, 0.1) is 0 Å². The Kier molecular flexibility index (Phi) is 2.82. The minimum absolute atomic E-state index is 1.10. The monoisotopic (exact) mass is 163 g/mol. The van der Waals surface area contributed by atoms with E-state index in [-0.39, 0.29) is 0 Å². The molecule has 0 spiro atoms. The minimum atomic E-state index is 1.10. The van der Waals surface area contributed by atoms with Gasteiger partial charge in [0.25, 0.3) is 48.9 Å². The van der Waals surface area contributed by atoms with Gasteiger partial charge >= 0.3 is 0 Å². The fourth-order valence-corrected chi connectivity index (χ4v) is 5.10. The Hall–Kier alpha value is 0.747. The van der Waals surface area contributed by atoms with E-state index < -0.39 is 0 Å². The zero-order valence-corrected chi connectivity index (χ0v) is 12.1. The van der Waals surface area contributed by atoms with Gasteiger partial charge < -0.3 is 0 Å². The van der Waals surface area contributed by atoms with Gasteiger partial charge in [-0.1, -0.05) is 12.1 Å². The molecule has 9 heavy (non-hydrogen) atoms. The smallest absolute Gasteiger partial charge is 0.289 e. The second kappa shape index (κ2) is 3.23. The van der Waals surface area contributed by atoms with Crippen LogP contribution in [0.25, 0.3) is 0 Å². The number of hydrogen-bond donors (Lipinski definition) is 0. The molecule has 1 rings (SSSR count). The van der Waals surface area contributed by atoms with Gasteiger partial charge in [0.05, 0.1) is 0 Å². The molecule has 0 saturated carbocycles. The topological polar surface area (TPSA) is 12.9 Å². The van der Waals surface area contributed by atoms with Gasteiger partial charge in [-0.3, -0.25) is 4.98 Å². The van der Waals surface area contributed by atoms with Gasteiger partial charge in [-0.25, -0.2) is 0 Å². The van der Waals surface area contributed by atoms with Crippen LogP contribution in [0.4, 0.5) is 0 Å². The highest BCUT2D eigenvalue weighted by atomic mass is 27.1. The molecule has 0 bridgehead atoms. The van der Waals surface area contributed by atoms with Crippen molar-refractivity contribution in [2.75, 3.05) is 0 Å². The van der Waals surface area contributed by atoms with E-state index >= 15 is 0 Å². The van der Waals surface area contributed by atoms with Gasteiger partial charge in [-0.15, -0.1) is 4.43 Å². The Morgan fingerprint density at radius 2 is 1.44 bits per heavy atom. The maximum atomic E-state index is 4.38. The van der Waals surface area contributed by atoms with E-state index in [9.17, 15) is 0 Å². The lowest BCUT2D eigenvalue weighted by Crippen LogP contribution is -2.27. The van der Waals surface area contributed by atoms with Gasteiger partial charge in [0.1, 0.15) is 0 Å². The average Bonchev–Trinajstić information content (AvgIpc) is 1.59. The Labute approximate surface area is 79.1 Å². The lowest BCUT2D eigenvalue weighted by molar-refractivity contribution is 1.47. The summed E-state index contributed by atoms with van der Waals surface area (Å²) in [5.74, 6) is 0. The third-order valence-electron chi connectivity index (χ3n) is 1.23. The van der Waals surface area contributed by atoms with Crippen molar-refractivity contribution < 1.29 is 0 Å². The van der Waals surface area contributed by atoms with Crippen molar-refractivity contribution >= 4 is 62.4 Å². The molecule has 0 aliphatic carbocycles. The first-order valence-electron chi connectivity index (χ1n) is 3.10. The maximum absolute atomic E-state index is 4.38. The molecule has 0 aromatic carbocycles. The summed E-state index contributed by atoms with van der Waals surface area (Å²) in [7, 11) is 0. The Balaban J connectivity index is 3.17. The van der Waals surface area contributed by atoms with E-state index in [1.165, 1.54) is 29.8 Å². The second-order valence-electron chi connectivity index (χ2n) is 2.43. The molecule has 0 aliphatic heterocycles. The Morgan fingerprint density at radius 1 is 1.00 bits per heavy atom. The van der Waals surface area contributed by atoms with Gasteiger partial charge in [0.15, 0.2) is 0 Å². The highest BCUT2D eigenvalue weighted by Crippen LogP contribution is 1.63. The summed E-state index contributed by atoms with van der Waals surface area (Å²) >= 11 is 3.38. The normalized spacial score (nSPS) is 9.33. The van der Waals surface area contributed by atoms with Gasteiger partial charge in [0.2, 0.25) is 0 Å². The summed E-state index contributed by atoms with van der Waals surface area (Å²) in [6.07, 6.45) is 0. The third kappa shape index (κ3) is 2.45. The first kappa shape index (κ1) is 7.85. The zero-order chi connectivity index (χ0) is 6.85. The van der Waals surface area contributed by atoms with E-state index in [1.807, 2.05) is 0 Å². The van der Waals surface area contributed by atoms with E-state index in [0.717, 1.165) is 32.6 Å². The third-order valence-corrected chi connectivity index (χ3v) is 2.83. The molecule has 4 heteroatoms. The molecular formula is C5H8Al3N. The van der Waals surface area contributed by atoms with Crippen LogP contribution in [-0.4, -0.2) is 53.9 Å². The van der Waals surface area contributed by atoms with Crippen LogP contribution in [0.2, 0.25) is 0 Å². The number of hydrogen-bond acceptors (Lipinski definition) is 1. The van der Waals surface area contributed by atoms with Crippen molar-refractivity contribution in [2.24, 2.45) is 0 Å². The van der Waals surface area contributed by atoms with Crippen LogP contribution in [-0.2, 0) is 0 Å². The average molecular weight is 163 g/mol. The first-order valence-corrected chi connectivity index (χ1v) is 6.10. The highest BCUT2D eigenvalue weighted by molar-refractivity contribution is 6.40. The van der Waals surface area contributed by atoms with Crippen LogP contribution >= 0.6 is 0 Å². The Morgan fingerprint density at radius 3 is 1.78 bits per heavy atom. The van der Waals surface area contributed by atoms with Crippen LogP contribution < -0.4 is 13.5 Å². The summed E-state index contributed by atoms with van der Waals surface area (Å²) in [5.41, 5.74) is 0. The highest BCUT2D eigenvalue weighted by Gasteiger charge is 1.88. The molecule has 1 nitrogen and oxygen atoms in total. The van der Waals surface area contributed by atoms with Crippen molar-refractivity contribution in [3.8, 4) is 0 Å². The van der Waals surface area contributed by atoms with E-state index in [4.69, 9.17) is 0 Å². The molecule has 1 heterocycles. The molecule has 0 unspecified atom stereocenters. The molecule has 0 atom stereocenters. The van der Waals surface area contributed by atoms with Crippen LogP contribution in [0.1, 0.15) is 0 Å². The summed E-state index contributed by atoms with van der Waals surface area (Å²) in [6.45, 7) is 0. The fraction of sp³-hybridized carbons (Fsp3) is 0. The molecule has 0 radical (unpaired) electrons. The molecule has 1 aromatic rings.